The molecule has 33 heavy (non-hydrogen) atoms. The molecule has 0 heterocycles. The molecule has 4 atom stereocenters. The molecule has 2 heteroatoms. The Morgan fingerprint density at radius 1 is 0.788 bits per heavy atom. The number of aromatic hydroxyl groups is 1. The molecule has 170 valence electrons. The summed E-state index contributed by atoms with van der Waals surface area (Å²) in [6.07, 6.45) is 12.4. The van der Waals surface area contributed by atoms with Crippen molar-refractivity contribution in [2.45, 2.75) is 63.2 Å². The highest BCUT2D eigenvalue weighted by atomic mass is 16.5. The van der Waals surface area contributed by atoms with Gasteiger partial charge >= 0.3 is 0 Å². The molecule has 0 aromatic heterocycles. The smallest absolute Gasteiger partial charge is 0.123 e. The molecule has 3 aromatic carbocycles. The van der Waals surface area contributed by atoms with Gasteiger partial charge in [-0.2, -0.15) is 0 Å². The molecule has 3 saturated carbocycles. The maximum atomic E-state index is 11.3. The standard InChI is InChI=1S/C31H34O2/c1-33-21-14-15-22-24(17-21)30-23-10-4-7-13-27(23)31(28(30)18-29(22)32)25-11-5-2-8-19(25)16-20-9-3-6-12-26(20)31/h4,7,10,13-15,17-20,25-26,32H,2-3,5-6,8-9,11-12,16H2,1H3. The van der Waals surface area contributed by atoms with E-state index in [2.05, 4.69) is 36.4 Å². The fourth-order valence-electron chi connectivity index (χ4n) is 8.98. The molecule has 0 saturated heterocycles. The molecule has 1 spiro atoms. The lowest BCUT2D eigenvalue weighted by atomic mass is 9.45. The summed E-state index contributed by atoms with van der Waals surface area (Å²) >= 11 is 0. The molecule has 3 fully saturated rings. The van der Waals surface area contributed by atoms with Gasteiger partial charge in [-0.25, -0.2) is 0 Å². The highest BCUT2D eigenvalue weighted by Crippen LogP contribution is 2.68. The predicted octanol–water partition coefficient (Wildman–Crippen LogP) is 7.84. The Kier molecular flexibility index (Phi) is 4.39. The minimum absolute atomic E-state index is 0.0507. The third-order valence-electron chi connectivity index (χ3n) is 10.0. The molecule has 0 aliphatic heterocycles. The summed E-state index contributed by atoms with van der Waals surface area (Å²) < 4.78 is 5.64. The second-order valence-electron chi connectivity index (χ2n) is 11.2. The largest absolute Gasteiger partial charge is 0.507 e. The number of phenols is 1. The van der Waals surface area contributed by atoms with Gasteiger partial charge in [0.25, 0.3) is 0 Å². The van der Waals surface area contributed by atoms with Gasteiger partial charge in [-0.3, -0.25) is 0 Å². The molecule has 0 radical (unpaired) electrons. The molecule has 4 unspecified atom stereocenters. The van der Waals surface area contributed by atoms with Crippen LogP contribution in [0.5, 0.6) is 11.5 Å². The van der Waals surface area contributed by atoms with E-state index >= 15 is 0 Å². The normalized spacial score (nSPS) is 32.2. The predicted molar refractivity (Wildman–Crippen MR) is 134 cm³/mol. The van der Waals surface area contributed by atoms with Crippen LogP contribution in [-0.2, 0) is 5.41 Å². The van der Waals surface area contributed by atoms with Crippen molar-refractivity contribution in [1.82, 2.24) is 0 Å². The quantitative estimate of drug-likeness (QED) is 0.419. The van der Waals surface area contributed by atoms with Crippen molar-refractivity contribution in [1.29, 1.82) is 0 Å². The van der Waals surface area contributed by atoms with E-state index in [0.29, 0.717) is 17.6 Å². The van der Waals surface area contributed by atoms with Crippen molar-refractivity contribution in [3.8, 4) is 22.6 Å². The maximum Gasteiger partial charge on any atom is 0.123 e. The van der Waals surface area contributed by atoms with Gasteiger partial charge in [0, 0.05) is 10.8 Å². The van der Waals surface area contributed by atoms with Crippen LogP contribution in [0, 0.1) is 23.7 Å². The van der Waals surface area contributed by atoms with E-state index in [-0.39, 0.29) is 5.41 Å². The zero-order chi connectivity index (χ0) is 22.2. The first-order valence-electron chi connectivity index (χ1n) is 13.2. The van der Waals surface area contributed by atoms with E-state index < -0.39 is 0 Å². The van der Waals surface area contributed by atoms with Gasteiger partial charge in [0.15, 0.2) is 0 Å². The van der Waals surface area contributed by atoms with Gasteiger partial charge in [-0.05, 0) is 94.8 Å². The Morgan fingerprint density at radius 2 is 1.48 bits per heavy atom. The highest BCUT2D eigenvalue weighted by molar-refractivity contribution is 6.05. The summed E-state index contributed by atoms with van der Waals surface area (Å²) in [5, 5.41) is 13.4. The average molecular weight is 439 g/mol. The van der Waals surface area contributed by atoms with Crippen LogP contribution in [0.2, 0.25) is 0 Å². The van der Waals surface area contributed by atoms with Crippen molar-refractivity contribution < 1.29 is 9.84 Å². The van der Waals surface area contributed by atoms with Gasteiger partial charge in [0.1, 0.15) is 11.5 Å². The SMILES string of the molecule is COc1ccc2c(O)cc3c(c2c1)-c1ccccc1C31C2CCCCC2CC2CCCCC21. The van der Waals surface area contributed by atoms with Crippen molar-refractivity contribution in [3.05, 3.63) is 59.7 Å². The third-order valence-corrected chi connectivity index (χ3v) is 10.0. The minimum Gasteiger partial charge on any atom is -0.507 e. The number of benzene rings is 3. The summed E-state index contributed by atoms with van der Waals surface area (Å²) in [5.74, 6) is 4.32. The Bertz CT molecular complexity index is 1220. The van der Waals surface area contributed by atoms with E-state index in [1.165, 1.54) is 74.5 Å². The average Bonchev–Trinajstić information content (AvgIpc) is 3.15. The molecular formula is C31H34O2. The molecule has 1 N–H and O–H groups in total. The van der Waals surface area contributed by atoms with E-state index in [4.69, 9.17) is 4.74 Å². The van der Waals surface area contributed by atoms with Gasteiger partial charge < -0.3 is 9.84 Å². The lowest BCUT2D eigenvalue weighted by Gasteiger charge is -2.59. The molecule has 2 nitrogen and oxygen atoms in total. The van der Waals surface area contributed by atoms with Crippen LogP contribution < -0.4 is 4.74 Å². The van der Waals surface area contributed by atoms with Crippen molar-refractivity contribution in [2.24, 2.45) is 23.7 Å². The minimum atomic E-state index is 0.0507. The maximum absolute atomic E-state index is 11.3. The molecular weight excluding hydrogens is 404 g/mol. The fourth-order valence-corrected chi connectivity index (χ4v) is 8.98. The van der Waals surface area contributed by atoms with Crippen LogP contribution in [0.1, 0.15) is 68.9 Å². The fraction of sp³-hybridized carbons (Fsp3) is 0.484. The zero-order valence-corrected chi connectivity index (χ0v) is 19.6. The second kappa shape index (κ2) is 7.26. The number of fused-ring (bicyclic) bond motifs is 11. The van der Waals surface area contributed by atoms with Crippen LogP contribution in [-0.4, -0.2) is 12.2 Å². The Hall–Kier alpha value is -2.48. The Balaban J connectivity index is 1.60. The number of phenolic OH excluding ortho intramolecular Hbond substituents is 1. The summed E-state index contributed by atoms with van der Waals surface area (Å²) in [5.41, 5.74) is 5.81. The number of hydrogen-bond donors (Lipinski definition) is 1. The number of rotatable bonds is 1. The Labute approximate surface area is 197 Å². The van der Waals surface area contributed by atoms with Crippen LogP contribution in [0.4, 0.5) is 0 Å². The summed E-state index contributed by atoms with van der Waals surface area (Å²) in [4.78, 5) is 0. The van der Waals surface area contributed by atoms with Crippen LogP contribution in [0.15, 0.2) is 48.5 Å². The molecule has 0 bridgehead atoms. The van der Waals surface area contributed by atoms with Gasteiger partial charge in [-0.1, -0.05) is 62.8 Å². The summed E-state index contributed by atoms with van der Waals surface area (Å²) in [6, 6.07) is 17.6. The van der Waals surface area contributed by atoms with Crippen molar-refractivity contribution in [2.75, 3.05) is 7.11 Å². The number of ether oxygens (including phenoxy) is 1. The molecule has 4 aliphatic carbocycles. The third kappa shape index (κ3) is 2.56. The van der Waals surface area contributed by atoms with E-state index in [9.17, 15) is 5.11 Å². The zero-order valence-electron chi connectivity index (χ0n) is 19.6. The molecule has 4 aliphatic rings. The summed E-state index contributed by atoms with van der Waals surface area (Å²) in [7, 11) is 1.74. The highest BCUT2D eigenvalue weighted by Gasteiger charge is 2.60. The second-order valence-corrected chi connectivity index (χ2v) is 11.2. The first-order valence-corrected chi connectivity index (χ1v) is 13.2. The van der Waals surface area contributed by atoms with Crippen molar-refractivity contribution >= 4 is 10.8 Å². The number of methoxy groups -OCH3 is 1. The lowest BCUT2D eigenvalue weighted by molar-refractivity contribution is -0.0152. The molecule has 0 amide bonds. The first kappa shape index (κ1) is 19.9. The molecule has 3 aromatic rings. The van der Waals surface area contributed by atoms with Crippen LogP contribution in [0.25, 0.3) is 21.9 Å². The van der Waals surface area contributed by atoms with E-state index in [1.54, 1.807) is 12.7 Å². The van der Waals surface area contributed by atoms with Gasteiger partial charge in [0.2, 0.25) is 0 Å². The summed E-state index contributed by atoms with van der Waals surface area (Å²) in [6.45, 7) is 0. The lowest BCUT2D eigenvalue weighted by Crippen LogP contribution is -2.54. The van der Waals surface area contributed by atoms with Gasteiger partial charge in [0.05, 0.1) is 7.11 Å². The van der Waals surface area contributed by atoms with Crippen LogP contribution >= 0.6 is 0 Å². The van der Waals surface area contributed by atoms with E-state index in [1.807, 2.05) is 12.1 Å². The first-order chi connectivity index (χ1) is 16.2. The van der Waals surface area contributed by atoms with Crippen molar-refractivity contribution in [3.63, 3.8) is 0 Å². The molecule has 7 rings (SSSR count). The Morgan fingerprint density at radius 3 is 2.21 bits per heavy atom. The van der Waals surface area contributed by atoms with E-state index in [0.717, 1.165) is 28.4 Å². The monoisotopic (exact) mass is 438 g/mol. The number of hydrogen-bond acceptors (Lipinski definition) is 2. The topological polar surface area (TPSA) is 29.5 Å². The van der Waals surface area contributed by atoms with Gasteiger partial charge in [-0.15, -0.1) is 0 Å². The van der Waals surface area contributed by atoms with Crippen LogP contribution in [0.3, 0.4) is 0 Å².